The molecule has 1 aliphatic rings. The highest BCUT2D eigenvalue weighted by atomic mass is 19.1. The van der Waals surface area contributed by atoms with Crippen molar-refractivity contribution in [2.24, 2.45) is 0 Å². The van der Waals surface area contributed by atoms with Gasteiger partial charge in [-0.3, -0.25) is 0 Å². The molecule has 0 amide bonds. The maximum Gasteiger partial charge on any atom is 0.162 e. The van der Waals surface area contributed by atoms with Gasteiger partial charge in [0.15, 0.2) is 11.5 Å². The van der Waals surface area contributed by atoms with Gasteiger partial charge in [-0.2, -0.15) is 10.2 Å². The predicted octanol–water partition coefficient (Wildman–Crippen LogP) is 4.17. The third-order valence-electron chi connectivity index (χ3n) is 5.23. The molecule has 1 unspecified atom stereocenters. The van der Waals surface area contributed by atoms with Crippen LogP contribution in [-0.4, -0.2) is 37.5 Å². The second-order valence-electron chi connectivity index (χ2n) is 6.76. The highest BCUT2D eigenvalue weighted by Gasteiger charge is 2.25. The predicted molar refractivity (Wildman–Crippen MR) is 103 cm³/mol. The van der Waals surface area contributed by atoms with Crippen molar-refractivity contribution < 1.29 is 13.9 Å². The lowest BCUT2D eigenvalue weighted by molar-refractivity contribution is 0.355. The number of hydrogen-bond acceptors (Lipinski definition) is 5. The van der Waals surface area contributed by atoms with E-state index < -0.39 is 0 Å². The zero-order valence-corrected chi connectivity index (χ0v) is 15.5. The van der Waals surface area contributed by atoms with Crippen molar-refractivity contribution in [1.29, 1.82) is 0 Å². The molecule has 1 aliphatic heterocycles. The SMILES string of the molecule is COc1cc2nncc(N3CCCC(c4ccccc4F)C3)c2cc1OC. The van der Waals surface area contributed by atoms with Crippen LogP contribution >= 0.6 is 0 Å². The van der Waals surface area contributed by atoms with Gasteiger partial charge in [0, 0.05) is 30.5 Å². The Labute approximate surface area is 157 Å². The molecule has 6 heteroatoms. The maximum atomic E-state index is 14.3. The summed E-state index contributed by atoms with van der Waals surface area (Å²) in [5, 5.41) is 9.37. The van der Waals surface area contributed by atoms with E-state index in [4.69, 9.17) is 9.47 Å². The number of methoxy groups -OCH3 is 2. The molecule has 1 saturated heterocycles. The number of aromatic nitrogens is 2. The van der Waals surface area contributed by atoms with Gasteiger partial charge >= 0.3 is 0 Å². The van der Waals surface area contributed by atoms with E-state index in [1.165, 1.54) is 6.07 Å². The lowest BCUT2D eigenvalue weighted by Crippen LogP contribution is -2.35. The Hall–Kier alpha value is -2.89. The Balaban J connectivity index is 1.72. The Morgan fingerprint density at radius 2 is 1.89 bits per heavy atom. The van der Waals surface area contributed by atoms with Crippen LogP contribution in [-0.2, 0) is 0 Å². The Kier molecular flexibility index (Phi) is 4.79. The average molecular weight is 367 g/mol. The van der Waals surface area contributed by atoms with Gasteiger partial charge in [0.1, 0.15) is 5.82 Å². The van der Waals surface area contributed by atoms with Crippen LogP contribution in [0.5, 0.6) is 11.5 Å². The number of rotatable bonds is 4. The molecular formula is C21H22FN3O2. The molecule has 1 aromatic heterocycles. The molecule has 0 radical (unpaired) electrons. The van der Waals surface area contributed by atoms with Crippen LogP contribution in [0.2, 0.25) is 0 Å². The first-order valence-corrected chi connectivity index (χ1v) is 9.08. The number of fused-ring (bicyclic) bond motifs is 1. The van der Waals surface area contributed by atoms with Gasteiger partial charge in [-0.05, 0) is 30.5 Å². The normalized spacial score (nSPS) is 17.1. The van der Waals surface area contributed by atoms with E-state index in [9.17, 15) is 4.39 Å². The molecule has 0 saturated carbocycles. The zero-order chi connectivity index (χ0) is 18.8. The number of benzene rings is 2. The van der Waals surface area contributed by atoms with Gasteiger partial charge in [-0.1, -0.05) is 18.2 Å². The van der Waals surface area contributed by atoms with Gasteiger partial charge < -0.3 is 14.4 Å². The van der Waals surface area contributed by atoms with Crippen LogP contribution in [0.3, 0.4) is 0 Å². The van der Waals surface area contributed by atoms with Crippen LogP contribution < -0.4 is 14.4 Å². The van der Waals surface area contributed by atoms with Gasteiger partial charge in [-0.25, -0.2) is 4.39 Å². The van der Waals surface area contributed by atoms with E-state index in [-0.39, 0.29) is 11.7 Å². The molecule has 27 heavy (non-hydrogen) atoms. The Bertz CT molecular complexity index is 963. The summed E-state index contributed by atoms with van der Waals surface area (Å²) in [6.07, 6.45) is 3.75. The van der Waals surface area contributed by atoms with E-state index in [0.717, 1.165) is 48.1 Å². The molecule has 5 nitrogen and oxygen atoms in total. The molecule has 140 valence electrons. The van der Waals surface area contributed by atoms with E-state index in [2.05, 4.69) is 15.1 Å². The molecule has 0 bridgehead atoms. The van der Waals surface area contributed by atoms with Crippen molar-refractivity contribution in [3.05, 3.63) is 54.0 Å². The van der Waals surface area contributed by atoms with E-state index >= 15 is 0 Å². The fraction of sp³-hybridized carbons (Fsp3) is 0.333. The third kappa shape index (κ3) is 3.27. The molecule has 0 aliphatic carbocycles. The van der Waals surface area contributed by atoms with Crippen LogP contribution in [0.15, 0.2) is 42.6 Å². The molecule has 0 spiro atoms. The van der Waals surface area contributed by atoms with E-state index in [1.807, 2.05) is 24.3 Å². The third-order valence-corrected chi connectivity index (χ3v) is 5.23. The lowest BCUT2D eigenvalue weighted by atomic mass is 9.90. The summed E-state index contributed by atoms with van der Waals surface area (Å²) < 4.78 is 25.1. The largest absolute Gasteiger partial charge is 0.493 e. The molecule has 3 aromatic rings. The van der Waals surface area contributed by atoms with Crippen LogP contribution in [0.25, 0.3) is 10.9 Å². The first-order chi connectivity index (χ1) is 13.2. The number of ether oxygens (including phenoxy) is 2. The Morgan fingerprint density at radius 3 is 2.67 bits per heavy atom. The smallest absolute Gasteiger partial charge is 0.162 e. The molecule has 2 aromatic carbocycles. The van der Waals surface area contributed by atoms with Crippen LogP contribution in [0.4, 0.5) is 10.1 Å². The van der Waals surface area contributed by atoms with Crippen molar-refractivity contribution in [2.75, 3.05) is 32.2 Å². The standard InChI is InChI=1S/C21H22FN3O2/c1-26-20-10-16-18(11-21(20)27-2)24-23-12-19(16)25-9-5-6-14(13-25)15-7-3-4-8-17(15)22/h3-4,7-8,10-12,14H,5-6,9,13H2,1-2H3. The molecule has 1 atom stereocenters. The number of nitrogens with zero attached hydrogens (tertiary/aromatic N) is 3. The maximum absolute atomic E-state index is 14.3. The van der Waals surface area contributed by atoms with Gasteiger partial charge in [0.05, 0.1) is 31.6 Å². The summed E-state index contributed by atoms with van der Waals surface area (Å²) in [6, 6.07) is 10.8. The lowest BCUT2D eigenvalue weighted by Gasteiger charge is -2.35. The van der Waals surface area contributed by atoms with Crippen molar-refractivity contribution >= 4 is 16.6 Å². The Morgan fingerprint density at radius 1 is 1.11 bits per heavy atom. The number of halogens is 1. The van der Waals surface area contributed by atoms with Gasteiger partial charge in [0.25, 0.3) is 0 Å². The van der Waals surface area contributed by atoms with Crippen molar-refractivity contribution in [2.45, 2.75) is 18.8 Å². The summed E-state index contributed by atoms with van der Waals surface area (Å²) in [5.41, 5.74) is 2.52. The average Bonchev–Trinajstić information content (AvgIpc) is 2.72. The minimum Gasteiger partial charge on any atom is -0.493 e. The summed E-state index contributed by atoms with van der Waals surface area (Å²) in [4.78, 5) is 2.27. The first kappa shape index (κ1) is 17.5. The zero-order valence-electron chi connectivity index (χ0n) is 15.5. The molecular weight excluding hydrogens is 345 g/mol. The van der Waals surface area contributed by atoms with Crippen molar-refractivity contribution in [1.82, 2.24) is 10.2 Å². The number of hydrogen-bond donors (Lipinski definition) is 0. The minimum atomic E-state index is -0.131. The van der Waals surface area contributed by atoms with Gasteiger partial charge in [0.2, 0.25) is 0 Å². The molecule has 4 rings (SSSR count). The quantitative estimate of drug-likeness (QED) is 0.693. The number of anilines is 1. The fourth-order valence-electron chi connectivity index (χ4n) is 3.88. The van der Waals surface area contributed by atoms with Crippen LogP contribution in [0, 0.1) is 5.82 Å². The van der Waals surface area contributed by atoms with Crippen molar-refractivity contribution in [3.63, 3.8) is 0 Å². The van der Waals surface area contributed by atoms with Gasteiger partial charge in [-0.15, -0.1) is 0 Å². The second-order valence-corrected chi connectivity index (χ2v) is 6.76. The topological polar surface area (TPSA) is 47.5 Å². The van der Waals surface area contributed by atoms with Crippen LogP contribution in [0.1, 0.15) is 24.3 Å². The molecule has 2 heterocycles. The highest BCUT2D eigenvalue weighted by molar-refractivity contribution is 5.93. The minimum absolute atomic E-state index is 0.131. The summed E-state index contributed by atoms with van der Waals surface area (Å²) in [7, 11) is 3.22. The molecule has 1 fully saturated rings. The van der Waals surface area contributed by atoms with E-state index in [0.29, 0.717) is 11.5 Å². The summed E-state index contributed by atoms with van der Waals surface area (Å²) in [6.45, 7) is 1.65. The first-order valence-electron chi connectivity index (χ1n) is 9.08. The highest BCUT2D eigenvalue weighted by Crippen LogP contribution is 2.37. The number of piperidine rings is 1. The summed E-state index contributed by atoms with van der Waals surface area (Å²) in [5.74, 6) is 1.30. The van der Waals surface area contributed by atoms with Crippen molar-refractivity contribution in [3.8, 4) is 11.5 Å². The fourth-order valence-corrected chi connectivity index (χ4v) is 3.88. The van der Waals surface area contributed by atoms with E-state index in [1.54, 1.807) is 26.5 Å². The molecule has 0 N–H and O–H groups in total. The second kappa shape index (κ2) is 7.39. The monoisotopic (exact) mass is 367 g/mol. The summed E-state index contributed by atoms with van der Waals surface area (Å²) >= 11 is 0.